The third kappa shape index (κ3) is 5.34. The molecular formula is C29H23Cl2N5O2. The van der Waals surface area contributed by atoms with E-state index in [1.54, 1.807) is 40.9 Å². The lowest BCUT2D eigenvalue weighted by Gasteiger charge is -2.13. The summed E-state index contributed by atoms with van der Waals surface area (Å²) < 4.78 is 1.80. The molecule has 0 saturated heterocycles. The lowest BCUT2D eigenvalue weighted by Crippen LogP contribution is -2.17. The molecule has 2 heterocycles. The maximum Gasteiger partial charge on any atom is 0.258 e. The first-order valence-corrected chi connectivity index (χ1v) is 12.6. The fourth-order valence-corrected chi connectivity index (χ4v) is 4.73. The SMILES string of the molecule is Cc1nc2c(NC(=O)c3c(Cl)cccc3Cl)cccn2c1CC(=O)Nc1ccccc1Nc1ccccc1. The number of anilines is 4. The number of rotatable bonds is 7. The first-order chi connectivity index (χ1) is 18.4. The van der Waals surface area contributed by atoms with Crippen LogP contribution in [0, 0.1) is 6.92 Å². The van der Waals surface area contributed by atoms with E-state index in [4.69, 9.17) is 23.2 Å². The van der Waals surface area contributed by atoms with Crippen molar-refractivity contribution < 1.29 is 9.59 Å². The van der Waals surface area contributed by atoms with Crippen molar-refractivity contribution in [3.63, 3.8) is 0 Å². The van der Waals surface area contributed by atoms with Crippen molar-refractivity contribution in [3.8, 4) is 0 Å². The van der Waals surface area contributed by atoms with Gasteiger partial charge < -0.3 is 20.4 Å². The monoisotopic (exact) mass is 543 g/mol. The van der Waals surface area contributed by atoms with Crippen molar-refractivity contribution >= 4 is 63.4 Å². The molecule has 0 atom stereocenters. The van der Waals surface area contributed by atoms with Crippen molar-refractivity contribution in [1.29, 1.82) is 0 Å². The molecular weight excluding hydrogens is 521 g/mol. The van der Waals surface area contributed by atoms with Crippen LogP contribution in [0.2, 0.25) is 10.0 Å². The Balaban J connectivity index is 1.37. The molecule has 0 radical (unpaired) electrons. The zero-order chi connectivity index (χ0) is 26.6. The van der Waals surface area contributed by atoms with Gasteiger partial charge in [0.2, 0.25) is 5.91 Å². The van der Waals surface area contributed by atoms with E-state index in [1.165, 1.54) is 0 Å². The van der Waals surface area contributed by atoms with Gasteiger partial charge in [0.15, 0.2) is 5.65 Å². The number of imidazole rings is 1. The second-order valence-corrected chi connectivity index (χ2v) is 9.39. The first-order valence-electron chi connectivity index (χ1n) is 11.8. The lowest BCUT2D eigenvalue weighted by molar-refractivity contribution is -0.115. The molecule has 5 rings (SSSR count). The van der Waals surface area contributed by atoms with Crippen LogP contribution in [-0.4, -0.2) is 21.2 Å². The molecule has 9 heteroatoms. The Bertz CT molecular complexity index is 1630. The van der Waals surface area contributed by atoms with Crippen molar-refractivity contribution in [2.45, 2.75) is 13.3 Å². The van der Waals surface area contributed by atoms with Gasteiger partial charge in [0.25, 0.3) is 5.91 Å². The molecule has 7 nitrogen and oxygen atoms in total. The second kappa shape index (κ2) is 11.0. The Morgan fingerprint density at radius 1 is 0.789 bits per heavy atom. The molecule has 2 amide bonds. The van der Waals surface area contributed by atoms with Crippen LogP contribution in [0.5, 0.6) is 0 Å². The minimum atomic E-state index is -0.448. The van der Waals surface area contributed by atoms with Gasteiger partial charge in [0.05, 0.1) is 50.5 Å². The lowest BCUT2D eigenvalue weighted by atomic mass is 10.2. The molecule has 3 aromatic carbocycles. The van der Waals surface area contributed by atoms with E-state index in [1.807, 2.05) is 61.5 Å². The maximum absolute atomic E-state index is 13.1. The van der Waals surface area contributed by atoms with Crippen LogP contribution in [0.15, 0.2) is 91.1 Å². The summed E-state index contributed by atoms with van der Waals surface area (Å²) in [5.74, 6) is -0.648. The largest absolute Gasteiger partial charge is 0.354 e. The Morgan fingerprint density at radius 2 is 1.45 bits per heavy atom. The fraction of sp³-hybridized carbons (Fsp3) is 0.0690. The molecule has 38 heavy (non-hydrogen) atoms. The van der Waals surface area contributed by atoms with Crippen molar-refractivity contribution in [1.82, 2.24) is 9.38 Å². The molecule has 0 saturated carbocycles. The first kappa shape index (κ1) is 25.3. The molecule has 0 aliphatic carbocycles. The van der Waals surface area contributed by atoms with Crippen molar-refractivity contribution in [3.05, 3.63) is 118 Å². The number of aromatic nitrogens is 2. The van der Waals surface area contributed by atoms with Crippen LogP contribution in [-0.2, 0) is 11.2 Å². The number of carbonyl (C=O) groups is 2. The third-order valence-corrected chi connectivity index (χ3v) is 6.60. The summed E-state index contributed by atoms with van der Waals surface area (Å²) in [6.45, 7) is 1.83. The number of halogens is 2. The number of benzene rings is 3. The van der Waals surface area contributed by atoms with Gasteiger partial charge >= 0.3 is 0 Å². The average Bonchev–Trinajstić information content (AvgIpc) is 3.21. The number of fused-ring (bicyclic) bond motifs is 1. The van der Waals surface area contributed by atoms with Gasteiger partial charge in [-0.05, 0) is 55.5 Å². The number of aryl methyl sites for hydroxylation is 1. The number of para-hydroxylation sites is 3. The zero-order valence-electron chi connectivity index (χ0n) is 20.3. The number of nitrogens with zero attached hydrogens (tertiary/aromatic N) is 2. The van der Waals surface area contributed by atoms with Crippen molar-refractivity contribution in [2.24, 2.45) is 0 Å². The number of amides is 2. The summed E-state index contributed by atoms with van der Waals surface area (Å²) in [7, 11) is 0. The summed E-state index contributed by atoms with van der Waals surface area (Å²) in [5, 5.41) is 9.68. The molecule has 0 spiro atoms. The Hall–Kier alpha value is -4.33. The van der Waals surface area contributed by atoms with E-state index in [9.17, 15) is 9.59 Å². The van der Waals surface area contributed by atoms with E-state index < -0.39 is 5.91 Å². The van der Waals surface area contributed by atoms with Crippen LogP contribution < -0.4 is 16.0 Å². The molecule has 0 unspecified atom stereocenters. The Kier molecular flexibility index (Phi) is 7.31. The van der Waals surface area contributed by atoms with Gasteiger partial charge in [-0.1, -0.05) is 59.6 Å². The van der Waals surface area contributed by atoms with E-state index >= 15 is 0 Å². The highest BCUT2D eigenvalue weighted by Crippen LogP contribution is 2.28. The molecule has 2 aromatic heterocycles. The molecule has 0 aliphatic rings. The van der Waals surface area contributed by atoms with Gasteiger partial charge in [-0.25, -0.2) is 4.98 Å². The summed E-state index contributed by atoms with van der Waals surface area (Å²) in [6, 6.07) is 25.7. The fourth-order valence-electron chi connectivity index (χ4n) is 4.16. The standard InChI is InChI=1S/C29H23Cl2N5O2/c1-18-25(17-26(37)34-23-14-6-5-13-22(23)33-19-9-3-2-4-10-19)36-16-8-15-24(28(36)32-18)35-29(38)27-20(30)11-7-12-21(27)31/h2-16,33H,17H2,1H3,(H,34,37)(H,35,38). The van der Waals surface area contributed by atoms with E-state index in [0.29, 0.717) is 28.4 Å². The summed E-state index contributed by atoms with van der Waals surface area (Å²) in [6.07, 6.45) is 1.89. The van der Waals surface area contributed by atoms with Crippen LogP contribution >= 0.6 is 23.2 Å². The molecule has 0 bridgehead atoms. The molecule has 5 aromatic rings. The predicted molar refractivity (Wildman–Crippen MR) is 153 cm³/mol. The highest BCUT2D eigenvalue weighted by Gasteiger charge is 2.19. The van der Waals surface area contributed by atoms with Gasteiger partial charge in [0.1, 0.15) is 0 Å². The molecule has 0 aliphatic heterocycles. The van der Waals surface area contributed by atoms with Gasteiger partial charge in [-0.2, -0.15) is 0 Å². The third-order valence-electron chi connectivity index (χ3n) is 5.97. The van der Waals surface area contributed by atoms with E-state index in [0.717, 1.165) is 11.4 Å². The van der Waals surface area contributed by atoms with Gasteiger partial charge in [-0.3, -0.25) is 9.59 Å². The van der Waals surface area contributed by atoms with Crippen LogP contribution in [0.1, 0.15) is 21.7 Å². The van der Waals surface area contributed by atoms with Crippen LogP contribution in [0.3, 0.4) is 0 Å². The molecule has 0 fully saturated rings. The number of pyridine rings is 1. The van der Waals surface area contributed by atoms with Gasteiger partial charge in [0, 0.05) is 11.9 Å². The Labute approximate surface area is 229 Å². The average molecular weight is 544 g/mol. The van der Waals surface area contributed by atoms with Crippen molar-refractivity contribution in [2.75, 3.05) is 16.0 Å². The number of hydrogen-bond acceptors (Lipinski definition) is 4. The van der Waals surface area contributed by atoms with E-state index in [-0.39, 0.29) is 27.9 Å². The smallest absolute Gasteiger partial charge is 0.258 e. The quantitative estimate of drug-likeness (QED) is 0.204. The Morgan fingerprint density at radius 3 is 2.18 bits per heavy atom. The van der Waals surface area contributed by atoms with Crippen LogP contribution in [0.4, 0.5) is 22.7 Å². The maximum atomic E-state index is 13.1. The molecule has 3 N–H and O–H groups in total. The highest BCUT2D eigenvalue weighted by molar-refractivity contribution is 6.40. The topological polar surface area (TPSA) is 87.5 Å². The van der Waals surface area contributed by atoms with Crippen LogP contribution in [0.25, 0.3) is 5.65 Å². The van der Waals surface area contributed by atoms with Gasteiger partial charge in [-0.15, -0.1) is 0 Å². The number of hydrogen-bond donors (Lipinski definition) is 3. The highest BCUT2D eigenvalue weighted by atomic mass is 35.5. The summed E-state index contributed by atoms with van der Waals surface area (Å²) in [5.41, 5.74) is 4.91. The number of carbonyl (C=O) groups excluding carboxylic acids is 2. The van der Waals surface area contributed by atoms with E-state index in [2.05, 4.69) is 20.9 Å². The zero-order valence-corrected chi connectivity index (χ0v) is 21.8. The number of nitrogens with one attached hydrogen (secondary N) is 3. The normalized spacial score (nSPS) is 10.8. The molecule has 190 valence electrons. The second-order valence-electron chi connectivity index (χ2n) is 8.57. The minimum Gasteiger partial charge on any atom is -0.354 e. The summed E-state index contributed by atoms with van der Waals surface area (Å²) >= 11 is 12.4. The minimum absolute atomic E-state index is 0.0837. The summed E-state index contributed by atoms with van der Waals surface area (Å²) in [4.78, 5) is 30.7. The predicted octanol–water partition coefficient (Wildman–Crippen LogP) is 7.13.